The van der Waals surface area contributed by atoms with E-state index in [-0.39, 0.29) is 22.7 Å². The van der Waals surface area contributed by atoms with E-state index in [0.717, 1.165) is 32.7 Å². The maximum atomic E-state index is 13.5. The number of hydrogen-bond donors (Lipinski definition) is 0. The molecule has 0 saturated carbocycles. The van der Waals surface area contributed by atoms with Crippen molar-refractivity contribution in [3.8, 4) is 0 Å². The Hall–Kier alpha value is -2.91. The third-order valence-electron chi connectivity index (χ3n) is 8.00. The van der Waals surface area contributed by atoms with E-state index in [9.17, 15) is 4.79 Å². The largest absolute Gasteiger partial charge is 0.340 e. The highest BCUT2D eigenvalue weighted by Gasteiger charge is 2.28. The molecule has 1 atom stereocenters. The van der Waals surface area contributed by atoms with Crippen molar-refractivity contribution in [3.05, 3.63) is 107 Å². The van der Waals surface area contributed by atoms with Crippen molar-refractivity contribution in [1.29, 1.82) is 0 Å². The normalized spacial score (nSPS) is 19.2. The number of carbonyl (C=O) groups excluding carboxylic acids is 1. The molecule has 1 fully saturated rings. The molecule has 1 heterocycles. The van der Waals surface area contributed by atoms with Crippen LogP contribution in [0.2, 0.25) is 0 Å². The number of hydrogen-bond acceptors (Lipinski definition) is 2. The van der Waals surface area contributed by atoms with Crippen LogP contribution in [0.5, 0.6) is 0 Å². The van der Waals surface area contributed by atoms with Gasteiger partial charge in [-0.25, -0.2) is 0 Å². The standard InChI is InChI=1S/C35H46N2O/c1-34(2,3)30-18-17-27(23-31(24-30)35(4,5)6)26-36-19-21-37(22-20-36)33(38)25-32(28-13-9-7-10-14-28)29-15-11-8-12-16-29/h7-18,23-24,30,32H,19-22,25-26H2,1-6H3. The second-order valence-electron chi connectivity index (χ2n) is 13.1. The second-order valence-corrected chi connectivity index (χ2v) is 13.1. The quantitative estimate of drug-likeness (QED) is 0.402. The molecule has 2 aromatic rings. The average Bonchev–Trinajstić information content (AvgIpc) is 3.12. The Bertz CT molecular complexity index is 1110. The highest BCUT2D eigenvalue weighted by atomic mass is 16.2. The Kier molecular flexibility index (Phi) is 8.78. The van der Waals surface area contributed by atoms with Gasteiger partial charge in [0, 0.05) is 51.0 Å². The molecule has 2 aromatic carbocycles. The van der Waals surface area contributed by atoms with E-state index in [1.165, 1.54) is 22.3 Å². The van der Waals surface area contributed by atoms with Gasteiger partial charge < -0.3 is 4.90 Å². The minimum Gasteiger partial charge on any atom is -0.340 e. The van der Waals surface area contributed by atoms with Gasteiger partial charge in [0.05, 0.1) is 0 Å². The fraction of sp³-hybridized carbons (Fsp3) is 0.457. The van der Waals surface area contributed by atoms with Crippen LogP contribution in [0, 0.1) is 16.7 Å². The maximum Gasteiger partial charge on any atom is 0.223 e. The second kappa shape index (κ2) is 11.9. The molecule has 3 heteroatoms. The lowest BCUT2D eigenvalue weighted by Gasteiger charge is -2.36. The van der Waals surface area contributed by atoms with Crippen LogP contribution in [0.3, 0.4) is 0 Å². The van der Waals surface area contributed by atoms with Gasteiger partial charge in [0.2, 0.25) is 5.91 Å². The number of amides is 1. The highest BCUT2D eigenvalue weighted by Crippen LogP contribution is 2.37. The van der Waals surface area contributed by atoms with Crippen LogP contribution in [0.25, 0.3) is 0 Å². The summed E-state index contributed by atoms with van der Waals surface area (Å²) in [5.41, 5.74) is 5.49. The molecule has 0 N–H and O–H groups in total. The van der Waals surface area contributed by atoms with Crippen LogP contribution < -0.4 is 0 Å². The average molecular weight is 511 g/mol. The van der Waals surface area contributed by atoms with Gasteiger partial charge in [0.15, 0.2) is 0 Å². The molecule has 38 heavy (non-hydrogen) atoms. The Morgan fingerprint density at radius 1 is 0.842 bits per heavy atom. The summed E-state index contributed by atoms with van der Waals surface area (Å²) in [6.07, 6.45) is 10.1. The van der Waals surface area contributed by atoms with Gasteiger partial charge in [-0.1, -0.05) is 127 Å². The van der Waals surface area contributed by atoms with Crippen LogP contribution in [0.1, 0.15) is 65.0 Å². The van der Waals surface area contributed by atoms with Gasteiger partial charge >= 0.3 is 0 Å². The zero-order valence-corrected chi connectivity index (χ0v) is 24.3. The van der Waals surface area contributed by atoms with Crippen molar-refractivity contribution in [1.82, 2.24) is 9.80 Å². The molecule has 0 spiro atoms. The van der Waals surface area contributed by atoms with Crippen molar-refractivity contribution in [3.63, 3.8) is 0 Å². The van der Waals surface area contributed by atoms with E-state index in [4.69, 9.17) is 0 Å². The summed E-state index contributed by atoms with van der Waals surface area (Å²) in [5.74, 6) is 0.756. The molecule has 0 radical (unpaired) electrons. The molecule has 0 bridgehead atoms. The molecule has 1 saturated heterocycles. The van der Waals surface area contributed by atoms with Gasteiger partial charge in [0.25, 0.3) is 0 Å². The van der Waals surface area contributed by atoms with E-state index in [2.05, 4.69) is 124 Å². The number of rotatable bonds is 6. The van der Waals surface area contributed by atoms with Crippen molar-refractivity contribution in [2.45, 2.75) is 53.9 Å². The Balaban J connectivity index is 1.39. The van der Waals surface area contributed by atoms with Crippen LogP contribution in [0.15, 0.2) is 96.1 Å². The predicted molar refractivity (Wildman–Crippen MR) is 160 cm³/mol. The minimum atomic E-state index is 0.0857. The Morgan fingerprint density at radius 2 is 1.39 bits per heavy atom. The van der Waals surface area contributed by atoms with E-state index in [0.29, 0.717) is 12.3 Å². The minimum absolute atomic E-state index is 0.0857. The first kappa shape index (κ1) is 28.1. The van der Waals surface area contributed by atoms with Crippen LogP contribution in [-0.4, -0.2) is 48.4 Å². The molecule has 0 aromatic heterocycles. The lowest BCUT2D eigenvalue weighted by molar-refractivity contribution is -0.133. The maximum absolute atomic E-state index is 13.5. The van der Waals surface area contributed by atoms with Crippen molar-refractivity contribution >= 4 is 5.91 Å². The highest BCUT2D eigenvalue weighted by molar-refractivity contribution is 5.78. The Labute approximate surface area is 230 Å². The number of benzene rings is 2. The van der Waals surface area contributed by atoms with Gasteiger partial charge in [-0.3, -0.25) is 9.69 Å². The van der Waals surface area contributed by atoms with Crippen molar-refractivity contribution in [2.75, 3.05) is 32.7 Å². The summed E-state index contributed by atoms with van der Waals surface area (Å²) >= 11 is 0. The van der Waals surface area contributed by atoms with E-state index >= 15 is 0 Å². The topological polar surface area (TPSA) is 23.6 Å². The van der Waals surface area contributed by atoms with Crippen molar-refractivity contribution in [2.24, 2.45) is 16.7 Å². The fourth-order valence-electron chi connectivity index (χ4n) is 5.39. The fourth-order valence-corrected chi connectivity index (χ4v) is 5.39. The van der Waals surface area contributed by atoms with Crippen LogP contribution >= 0.6 is 0 Å². The molecule has 1 unspecified atom stereocenters. The predicted octanol–water partition coefficient (Wildman–Crippen LogP) is 7.48. The molecule has 2 aliphatic rings. The molecule has 3 nitrogen and oxygen atoms in total. The smallest absolute Gasteiger partial charge is 0.223 e. The summed E-state index contributed by atoms with van der Waals surface area (Å²) < 4.78 is 0. The van der Waals surface area contributed by atoms with E-state index in [1.807, 2.05) is 12.1 Å². The Morgan fingerprint density at radius 3 is 1.89 bits per heavy atom. The summed E-state index contributed by atoms with van der Waals surface area (Å²) in [7, 11) is 0. The zero-order chi connectivity index (χ0) is 27.3. The first-order valence-electron chi connectivity index (χ1n) is 14.2. The van der Waals surface area contributed by atoms with Gasteiger partial charge in [-0.15, -0.1) is 0 Å². The molecular weight excluding hydrogens is 464 g/mol. The molecule has 4 rings (SSSR count). The summed E-state index contributed by atoms with van der Waals surface area (Å²) in [4.78, 5) is 18.0. The molecule has 1 amide bonds. The van der Waals surface area contributed by atoms with Crippen LogP contribution in [-0.2, 0) is 4.79 Å². The summed E-state index contributed by atoms with van der Waals surface area (Å²) in [6, 6.07) is 20.9. The van der Waals surface area contributed by atoms with Gasteiger partial charge in [-0.05, 0) is 33.1 Å². The van der Waals surface area contributed by atoms with E-state index in [1.54, 1.807) is 0 Å². The number of carbonyl (C=O) groups is 1. The number of allylic oxidation sites excluding steroid dienone is 4. The molecule has 1 aliphatic carbocycles. The third-order valence-corrected chi connectivity index (χ3v) is 8.00. The lowest BCUT2D eigenvalue weighted by atomic mass is 9.77. The van der Waals surface area contributed by atoms with Gasteiger partial charge in [0.1, 0.15) is 0 Å². The number of nitrogens with zero attached hydrogens (tertiary/aromatic N) is 2. The zero-order valence-electron chi connectivity index (χ0n) is 24.3. The van der Waals surface area contributed by atoms with Gasteiger partial charge in [-0.2, -0.15) is 0 Å². The van der Waals surface area contributed by atoms with Crippen molar-refractivity contribution < 1.29 is 4.79 Å². The SMILES string of the molecule is CC(C)(C)C1=CC(C(C)(C)C)C=CC(CN2CCN(C(=O)CC(c3ccccc3)c3ccccc3)CC2)=C1. The summed E-state index contributed by atoms with van der Waals surface area (Å²) in [6.45, 7) is 18.2. The first-order chi connectivity index (χ1) is 18.0. The van der Waals surface area contributed by atoms with E-state index < -0.39 is 0 Å². The molecule has 1 aliphatic heterocycles. The third kappa shape index (κ3) is 7.35. The summed E-state index contributed by atoms with van der Waals surface area (Å²) in [5, 5.41) is 0. The molecular formula is C35H46N2O. The first-order valence-corrected chi connectivity index (χ1v) is 14.2. The number of piperazine rings is 1. The molecule has 202 valence electrons. The lowest BCUT2D eigenvalue weighted by Crippen LogP contribution is -2.49. The monoisotopic (exact) mass is 510 g/mol. The van der Waals surface area contributed by atoms with Crippen LogP contribution in [0.4, 0.5) is 0 Å².